The lowest BCUT2D eigenvalue weighted by Crippen LogP contribution is -2.38. The molecule has 2 aromatic rings. The molecule has 0 aliphatic heterocycles. The summed E-state index contributed by atoms with van der Waals surface area (Å²) in [5.74, 6) is -0.367. The maximum absolute atomic E-state index is 11.5. The van der Waals surface area contributed by atoms with Gasteiger partial charge in [0.2, 0.25) is 5.91 Å². The van der Waals surface area contributed by atoms with Crippen molar-refractivity contribution in [3.05, 3.63) is 32.2 Å². The number of benzene rings is 1. The zero-order valence-corrected chi connectivity index (χ0v) is 15.6. The van der Waals surface area contributed by atoms with Gasteiger partial charge in [0.25, 0.3) is 0 Å². The summed E-state index contributed by atoms with van der Waals surface area (Å²) in [4.78, 5) is 22.6. The average Bonchev–Trinajstić information content (AvgIpc) is 2.89. The first-order valence-electron chi connectivity index (χ1n) is 6.10. The molecule has 0 aliphatic carbocycles. The van der Waals surface area contributed by atoms with Crippen molar-refractivity contribution < 1.29 is 9.59 Å². The molecule has 1 heterocycles. The Morgan fingerprint density at radius 1 is 1.39 bits per heavy atom. The van der Waals surface area contributed by atoms with Crippen LogP contribution in [0.4, 0.5) is 4.79 Å². The van der Waals surface area contributed by atoms with Gasteiger partial charge in [0.15, 0.2) is 8.29 Å². The van der Waals surface area contributed by atoms with E-state index in [9.17, 15) is 9.59 Å². The molecule has 0 bridgehead atoms. The molecule has 2 rings (SSSR count). The van der Waals surface area contributed by atoms with Crippen LogP contribution in [-0.2, 0) is 4.79 Å². The van der Waals surface area contributed by atoms with Gasteiger partial charge in [-0.1, -0.05) is 46.3 Å². The molecule has 6 nitrogen and oxygen atoms in total. The molecule has 2 N–H and O–H groups in total. The van der Waals surface area contributed by atoms with Crippen LogP contribution >= 0.6 is 58.5 Å². The fraction of sp³-hybridized carbons (Fsp3) is 0.167. The number of amides is 3. The van der Waals surface area contributed by atoms with Gasteiger partial charge in [-0.2, -0.15) is 0 Å². The number of halogens is 2. The second-order valence-corrected chi connectivity index (χ2v) is 7.72. The van der Waals surface area contributed by atoms with Crippen molar-refractivity contribution in [2.45, 2.75) is 4.34 Å². The van der Waals surface area contributed by atoms with Crippen LogP contribution < -0.4 is 10.6 Å². The van der Waals surface area contributed by atoms with Crippen molar-refractivity contribution in [1.82, 2.24) is 20.4 Å². The van der Waals surface area contributed by atoms with Gasteiger partial charge in [-0.05, 0) is 30.4 Å². The highest BCUT2D eigenvalue weighted by Crippen LogP contribution is 2.27. The van der Waals surface area contributed by atoms with Crippen LogP contribution in [0.1, 0.15) is 0 Å². The van der Waals surface area contributed by atoms with Crippen LogP contribution in [-0.4, -0.2) is 34.5 Å². The van der Waals surface area contributed by atoms with Gasteiger partial charge in [-0.15, -0.1) is 5.10 Å². The van der Waals surface area contributed by atoms with Crippen LogP contribution in [0.2, 0.25) is 10.0 Å². The first kappa shape index (κ1) is 18.2. The van der Waals surface area contributed by atoms with E-state index in [0.29, 0.717) is 24.0 Å². The summed E-state index contributed by atoms with van der Waals surface area (Å²) < 4.78 is 2.66. The number of nitrogens with one attached hydrogen (secondary N) is 2. The standard InChI is InChI=1S/C12H10Cl2N4O2S3/c1-15-10(20)16-9(19)5-22-11-17-18(12(21)23-11)6-2-3-7(13)8(14)4-6/h2-4H,5H2,1H3,(H2,15,16,19,20). The minimum atomic E-state index is -0.551. The number of carbonyl (C=O) groups is 2. The average molecular weight is 409 g/mol. The number of thioether (sulfide) groups is 1. The van der Waals surface area contributed by atoms with Gasteiger partial charge in [-0.3, -0.25) is 10.1 Å². The Labute approximate surface area is 155 Å². The van der Waals surface area contributed by atoms with Crippen LogP contribution in [0.5, 0.6) is 0 Å². The lowest BCUT2D eigenvalue weighted by atomic mass is 10.3. The number of hydrogen-bond acceptors (Lipinski definition) is 6. The predicted octanol–water partition coefficient (Wildman–Crippen LogP) is 3.52. The summed E-state index contributed by atoms with van der Waals surface area (Å²) >= 11 is 19.6. The van der Waals surface area contributed by atoms with Crippen molar-refractivity contribution in [3.63, 3.8) is 0 Å². The molecule has 0 fully saturated rings. The summed E-state index contributed by atoms with van der Waals surface area (Å²) in [5.41, 5.74) is 0.683. The van der Waals surface area contributed by atoms with Crippen LogP contribution in [0.15, 0.2) is 22.5 Å². The van der Waals surface area contributed by atoms with E-state index in [2.05, 4.69) is 15.7 Å². The quantitative estimate of drug-likeness (QED) is 0.597. The Bertz CT molecular complexity index is 806. The SMILES string of the molecule is CNC(=O)NC(=O)CSc1nn(-c2ccc(Cl)c(Cl)c2)c(=S)s1. The number of urea groups is 1. The van der Waals surface area contributed by atoms with Crippen LogP contribution in [0, 0.1) is 3.95 Å². The number of carbonyl (C=O) groups excluding carboxylic acids is 2. The highest BCUT2D eigenvalue weighted by molar-refractivity contribution is 8.01. The molecular formula is C12H10Cl2N4O2S3. The molecule has 0 atom stereocenters. The largest absolute Gasteiger partial charge is 0.341 e. The maximum Gasteiger partial charge on any atom is 0.321 e. The van der Waals surface area contributed by atoms with E-state index in [1.54, 1.807) is 22.9 Å². The summed E-state index contributed by atoms with van der Waals surface area (Å²) in [5, 5.41) is 9.65. The minimum absolute atomic E-state index is 0.0527. The van der Waals surface area contributed by atoms with E-state index >= 15 is 0 Å². The second-order valence-electron chi connectivity index (χ2n) is 4.06. The number of rotatable bonds is 4. The molecule has 1 aromatic heterocycles. The smallest absolute Gasteiger partial charge is 0.321 e. The highest BCUT2D eigenvalue weighted by Gasteiger charge is 2.11. The van der Waals surface area contributed by atoms with Gasteiger partial charge >= 0.3 is 6.03 Å². The zero-order valence-electron chi connectivity index (χ0n) is 11.6. The summed E-state index contributed by atoms with van der Waals surface area (Å²) in [7, 11) is 1.43. The molecule has 0 saturated carbocycles. The third-order valence-electron chi connectivity index (χ3n) is 2.48. The van der Waals surface area contributed by atoms with Gasteiger partial charge in [-0.25, -0.2) is 9.48 Å². The molecule has 0 radical (unpaired) electrons. The minimum Gasteiger partial charge on any atom is -0.341 e. The summed E-state index contributed by atoms with van der Waals surface area (Å²) in [6, 6.07) is 4.51. The Balaban J connectivity index is 2.09. The molecule has 11 heteroatoms. The number of nitrogens with zero attached hydrogens (tertiary/aromatic N) is 2. The molecule has 122 valence electrons. The second kappa shape index (κ2) is 8.11. The molecule has 0 spiro atoms. The Hall–Kier alpha value is -1.13. The molecule has 3 amide bonds. The van der Waals surface area contributed by atoms with E-state index in [1.807, 2.05) is 0 Å². The Morgan fingerprint density at radius 3 is 2.78 bits per heavy atom. The van der Waals surface area contributed by atoms with Gasteiger partial charge in [0.1, 0.15) is 0 Å². The number of aromatic nitrogens is 2. The van der Waals surface area contributed by atoms with Gasteiger partial charge in [0, 0.05) is 7.05 Å². The van der Waals surface area contributed by atoms with Crippen molar-refractivity contribution in [1.29, 1.82) is 0 Å². The van der Waals surface area contributed by atoms with Crippen LogP contribution in [0.3, 0.4) is 0 Å². The maximum atomic E-state index is 11.5. The van der Waals surface area contributed by atoms with Gasteiger partial charge < -0.3 is 5.32 Å². The molecule has 0 saturated heterocycles. The Morgan fingerprint density at radius 2 is 2.13 bits per heavy atom. The van der Waals surface area contributed by atoms with Crippen molar-refractivity contribution >= 4 is 70.5 Å². The first-order valence-corrected chi connectivity index (χ1v) is 9.07. The normalized spacial score (nSPS) is 10.4. The lowest BCUT2D eigenvalue weighted by molar-refractivity contribution is -0.117. The molecule has 23 heavy (non-hydrogen) atoms. The van der Waals surface area contributed by atoms with E-state index in [1.165, 1.54) is 30.1 Å². The molecule has 0 aliphatic rings. The molecular weight excluding hydrogens is 399 g/mol. The van der Waals surface area contributed by atoms with E-state index in [4.69, 9.17) is 35.4 Å². The number of hydrogen-bond donors (Lipinski definition) is 2. The zero-order chi connectivity index (χ0) is 17.0. The van der Waals surface area contributed by atoms with Crippen molar-refractivity contribution in [3.8, 4) is 5.69 Å². The lowest BCUT2D eigenvalue weighted by Gasteiger charge is -2.03. The molecule has 1 aromatic carbocycles. The third-order valence-corrected chi connectivity index (χ3v) is 5.59. The summed E-state index contributed by atoms with van der Waals surface area (Å²) in [6.45, 7) is 0. The van der Waals surface area contributed by atoms with E-state index in [-0.39, 0.29) is 5.75 Å². The van der Waals surface area contributed by atoms with Crippen LogP contribution in [0.25, 0.3) is 5.69 Å². The monoisotopic (exact) mass is 408 g/mol. The topological polar surface area (TPSA) is 76.0 Å². The number of imide groups is 1. The Kier molecular flexibility index (Phi) is 6.42. The first-order chi connectivity index (χ1) is 10.9. The van der Waals surface area contributed by atoms with E-state index in [0.717, 1.165) is 0 Å². The molecule has 0 unspecified atom stereocenters. The fourth-order valence-electron chi connectivity index (χ4n) is 1.45. The summed E-state index contributed by atoms with van der Waals surface area (Å²) in [6.07, 6.45) is 0. The van der Waals surface area contributed by atoms with Crippen molar-refractivity contribution in [2.24, 2.45) is 0 Å². The highest BCUT2D eigenvalue weighted by atomic mass is 35.5. The third kappa shape index (κ3) is 4.92. The van der Waals surface area contributed by atoms with Gasteiger partial charge in [0.05, 0.1) is 21.5 Å². The van der Waals surface area contributed by atoms with Crippen molar-refractivity contribution in [2.75, 3.05) is 12.8 Å². The van der Waals surface area contributed by atoms with E-state index < -0.39 is 11.9 Å². The predicted molar refractivity (Wildman–Crippen MR) is 95.6 cm³/mol. The fourth-order valence-corrected chi connectivity index (χ4v) is 3.91.